The Morgan fingerprint density at radius 2 is 2.03 bits per heavy atom. The van der Waals surface area contributed by atoms with Crippen LogP contribution in [0.15, 0.2) is 42.6 Å². The van der Waals surface area contributed by atoms with E-state index in [2.05, 4.69) is 9.97 Å². The predicted octanol–water partition coefficient (Wildman–Crippen LogP) is 5.37. The van der Waals surface area contributed by atoms with E-state index in [0.29, 0.717) is 23.4 Å². The second-order valence-corrected chi connectivity index (χ2v) is 8.12. The number of amides is 1. The number of pyridine rings is 2. The van der Waals surface area contributed by atoms with Crippen LogP contribution in [0.1, 0.15) is 27.2 Å². The first-order valence-corrected chi connectivity index (χ1v) is 9.87. The van der Waals surface area contributed by atoms with E-state index in [1.54, 1.807) is 37.4 Å². The summed E-state index contributed by atoms with van der Waals surface area (Å²) < 4.78 is 24.6. The van der Waals surface area contributed by atoms with Crippen LogP contribution in [0.4, 0.5) is 9.18 Å². The Kier molecular flexibility index (Phi) is 6.41. The van der Waals surface area contributed by atoms with Gasteiger partial charge in [-0.1, -0.05) is 25.4 Å². The Bertz CT molecular complexity index is 1080. The van der Waals surface area contributed by atoms with E-state index in [1.807, 2.05) is 13.8 Å². The molecule has 3 aromatic rings. The number of aromatic nitrogens is 2. The number of hydrogen-bond donors (Lipinski definition) is 1. The van der Waals surface area contributed by atoms with Gasteiger partial charge in [-0.15, -0.1) is 0 Å². The minimum absolute atomic E-state index is 0.0757. The predicted molar refractivity (Wildman–Crippen MR) is 114 cm³/mol. The van der Waals surface area contributed by atoms with Gasteiger partial charge in [0.25, 0.3) is 0 Å². The molecule has 158 valence electrons. The summed E-state index contributed by atoms with van der Waals surface area (Å²) in [6, 6.07) is 9.65. The summed E-state index contributed by atoms with van der Waals surface area (Å²) in [7, 11) is 0. The molecule has 0 saturated heterocycles. The van der Waals surface area contributed by atoms with Crippen molar-refractivity contribution in [1.82, 2.24) is 9.97 Å². The molecule has 0 saturated carbocycles. The molecule has 2 aromatic heterocycles. The molecule has 1 unspecified atom stereocenters. The SMILES string of the molecule is CC(C)CC(C)(COc1ccc(-c2ccnc3cc(F)ccc23)nc1Cl)OC(N)=O. The minimum atomic E-state index is -0.895. The van der Waals surface area contributed by atoms with Crippen molar-refractivity contribution >= 4 is 28.6 Å². The fourth-order valence-electron chi connectivity index (χ4n) is 3.49. The van der Waals surface area contributed by atoms with Crippen LogP contribution in [0.5, 0.6) is 5.75 Å². The number of hydrogen-bond acceptors (Lipinski definition) is 5. The fraction of sp³-hybridized carbons (Fsp3) is 0.318. The number of nitrogens with zero attached hydrogens (tertiary/aromatic N) is 2. The average molecular weight is 432 g/mol. The van der Waals surface area contributed by atoms with Crippen molar-refractivity contribution in [3.8, 4) is 17.0 Å². The van der Waals surface area contributed by atoms with Gasteiger partial charge in [-0.2, -0.15) is 0 Å². The van der Waals surface area contributed by atoms with Crippen molar-refractivity contribution < 1.29 is 18.7 Å². The molecule has 0 spiro atoms. The first-order valence-electron chi connectivity index (χ1n) is 9.49. The van der Waals surface area contributed by atoms with Crippen molar-refractivity contribution in [2.75, 3.05) is 6.61 Å². The normalized spacial score (nSPS) is 13.3. The minimum Gasteiger partial charge on any atom is -0.486 e. The maximum Gasteiger partial charge on any atom is 0.405 e. The molecule has 3 rings (SSSR count). The molecular formula is C22H23ClFN3O3. The lowest BCUT2D eigenvalue weighted by Crippen LogP contribution is -2.41. The maximum absolute atomic E-state index is 13.5. The summed E-state index contributed by atoms with van der Waals surface area (Å²) in [6.07, 6.45) is 1.30. The van der Waals surface area contributed by atoms with Crippen LogP contribution in [0, 0.1) is 11.7 Å². The average Bonchev–Trinajstić information content (AvgIpc) is 2.65. The van der Waals surface area contributed by atoms with Gasteiger partial charge in [0.2, 0.25) is 0 Å². The number of primary amides is 1. The second-order valence-electron chi connectivity index (χ2n) is 7.76. The van der Waals surface area contributed by atoms with E-state index >= 15 is 0 Å². The Hall–Kier alpha value is -2.93. The van der Waals surface area contributed by atoms with E-state index in [-0.39, 0.29) is 23.5 Å². The number of carbonyl (C=O) groups is 1. The molecule has 1 amide bonds. The highest BCUT2D eigenvalue weighted by Gasteiger charge is 2.31. The quantitative estimate of drug-likeness (QED) is 0.508. The Morgan fingerprint density at radius 1 is 1.27 bits per heavy atom. The number of fused-ring (bicyclic) bond motifs is 1. The molecule has 0 bridgehead atoms. The molecule has 8 heteroatoms. The van der Waals surface area contributed by atoms with Gasteiger partial charge >= 0.3 is 6.09 Å². The van der Waals surface area contributed by atoms with E-state index in [9.17, 15) is 9.18 Å². The molecule has 0 aliphatic heterocycles. The molecule has 1 atom stereocenters. The molecule has 2 N–H and O–H groups in total. The summed E-state index contributed by atoms with van der Waals surface area (Å²) in [5.74, 6) is 0.260. The highest BCUT2D eigenvalue weighted by Crippen LogP contribution is 2.32. The lowest BCUT2D eigenvalue weighted by atomic mass is 9.95. The van der Waals surface area contributed by atoms with Gasteiger partial charge in [0.1, 0.15) is 18.0 Å². The Morgan fingerprint density at radius 3 is 2.70 bits per heavy atom. The molecule has 6 nitrogen and oxygen atoms in total. The zero-order chi connectivity index (χ0) is 21.9. The summed E-state index contributed by atoms with van der Waals surface area (Å²) >= 11 is 6.35. The van der Waals surface area contributed by atoms with E-state index in [1.165, 1.54) is 12.1 Å². The number of halogens is 2. The molecule has 30 heavy (non-hydrogen) atoms. The van der Waals surface area contributed by atoms with E-state index < -0.39 is 11.7 Å². The van der Waals surface area contributed by atoms with Crippen LogP contribution >= 0.6 is 11.6 Å². The van der Waals surface area contributed by atoms with Gasteiger partial charge < -0.3 is 15.2 Å². The summed E-state index contributed by atoms with van der Waals surface area (Å²) in [5, 5.41) is 0.918. The maximum atomic E-state index is 13.5. The number of benzene rings is 1. The molecular weight excluding hydrogens is 409 g/mol. The van der Waals surface area contributed by atoms with Crippen molar-refractivity contribution in [2.24, 2.45) is 11.7 Å². The molecule has 1 aromatic carbocycles. The number of ether oxygens (including phenoxy) is 2. The third kappa shape index (κ3) is 5.16. The summed E-state index contributed by atoms with van der Waals surface area (Å²) in [4.78, 5) is 19.9. The lowest BCUT2D eigenvalue weighted by molar-refractivity contribution is -0.0186. The van der Waals surface area contributed by atoms with Crippen molar-refractivity contribution in [3.05, 3.63) is 53.6 Å². The van der Waals surface area contributed by atoms with Crippen LogP contribution in [0.3, 0.4) is 0 Å². The fourth-order valence-corrected chi connectivity index (χ4v) is 3.70. The standard InChI is InChI=1S/C22H23ClFN3O3/c1-13(2)11-22(3,30-21(25)28)12-29-19-7-6-17(27-20(19)23)16-8-9-26-18-10-14(24)4-5-15(16)18/h4-10,13H,11-12H2,1-3H3,(H2,25,28). The van der Waals surface area contributed by atoms with Crippen LogP contribution in [0.25, 0.3) is 22.2 Å². The topological polar surface area (TPSA) is 87.3 Å². The molecule has 0 aliphatic rings. The monoisotopic (exact) mass is 431 g/mol. The highest BCUT2D eigenvalue weighted by molar-refractivity contribution is 6.31. The van der Waals surface area contributed by atoms with Crippen molar-refractivity contribution in [3.63, 3.8) is 0 Å². The third-order valence-electron chi connectivity index (χ3n) is 4.52. The van der Waals surface area contributed by atoms with Crippen LogP contribution in [-0.2, 0) is 4.74 Å². The molecule has 0 radical (unpaired) electrons. The van der Waals surface area contributed by atoms with Gasteiger partial charge in [0, 0.05) is 23.2 Å². The van der Waals surface area contributed by atoms with Gasteiger partial charge in [0.15, 0.2) is 10.9 Å². The third-order valence-corrected chi connectivity index (χ3v) is 4.79. The molecule has 0 fully saturated rings. The lowest BCUT2D eigenvalue weighted by Gasteiger charge is -2.30. The van der Waals surface area contributed by atoms with E-state index in [4.69, 9.17) is 26.8 Å². The Balaban J connectivity index is 1.85. The second kappa shape index (κ2) is 8.83. The van der Waals surface area contributed by atoms with Gasteiger partial charge in [-0.05, 0) is 49.6 Å². The van der Waals surface area contributed by atoms with Gasteiger partial charge in [0.05, 0.1) is 11.2 Å². The molecule has 0 aliphatic carbocycles. The highest BCUT2D eigenvalue weighted by atomic mass is 35.5. The first kappa shape index (κ1) is 21.8. The molecule has 2 heterocycles. The number of carbonyl (C=O) groups excluding carboxylic acids is 1. The van der Waals surface area contributed by atoms with Crippen LogP contribution in [-0.4, -0.2) is 28.3 Å². The van der Waals surface area contributed by atoms with Crippen LogP contribution in [0.2, 0.25) is 5.15 Å². The van der Waals surface area contributed by atoms with Crippen molar-refractivity contribution in [2.45, 2.75) is 32.8 Å². The summed E-state index contributed by atoms with van der Waals surface area (Å²) in [5.41, 5.74) is 6.21. The van der Waals surface area contributed by atoms with Crippen LogP contribution < -0.4 is 10.5 Å². The smallest absolute Gasteiger partial charge is 0.405 e. The zero-order valence-corrected chi connectivity index (χ0v) is 17.7. The number of rotatable bonds is 7. The van der Waals surface area contributed by atoms with Crippen molar-refractivity contribution in [1.29, 1.82) is 0 Å². The summed E-state index contributed by atoms with van der Waals surface area (Å²) in [6.45, 7) is 5.86. The largest absolute Gasteiger partial charge is 0.486 e. The van der Waals surface area contributed by atoms with Gasteiger partial charge in [-0.25, -0.2) is 14.2 Å². The van der Waals surface area contributed by atoms with Gasteiger partial charge in [-0.3, -0.25) is 4.98 Å². The first-order chi connectivity index (χ1) is 14.2. The Labute approximate surface area is 179 Å². The zero-order valence-electron chi connectivity index (χ0n) is 17.0. The van der Waals surface area contributed by atoms with E-state index in [0.717, 1.165) is 10.9 Å². The number of nitrogens with two attached hydrogens (primary N) is 1.